The van der Waals surface area contributed by atoms with Gasteiger partial charge in [-0.3, -0.25) is 9.59 Å². The van der Waals surface area contributed by atoms with E-state index >= 15 is 0 Å². The summed E-state index contributed by atoms with van der Waals surface area (Å²) in [5.41, 5.74) is 0.983. The van der Waals surface area contributed by atoms with Gasteiger partial charge in [0.15, 0.2) is 5.76 Å². The molecule has 146 valence electrons. The first-order chi connectivity index (χ1) is 13.4. The van der Waals surface area contributed by atoms with Gasteiger partial charge in [-0.15, -0.1) is 11.3 Å². The lowest BCUT2D eigenvalue weighted by Crippen LogP contribution is -2.18. The fourth-order valence-corrected chi connectivity index (χ4v) is 3.72. The molecule has 0 atom stereocenters. The number of hydrogen-bond donors (Lipinski definition) is 1. The summed E-state index contributed by atoms with van der Waals surface area (Å²) in [7, 11) is 0. The molecule has 0 aliphatic heterocycles. The number of anilines is 1. The van der Waals surface area contributed by atoms with Gasteiger partial charge in [-0.25, -0.2) is 4.79 Å². The lowest BCUT2D eigenvalue weighted by Gasteiger charge is -2.06. The molecule has 3 rings (SSSR count). The molecule has 0 spiro atoms. The van der Waals surface area contributed by atoms with Crippen LogP contribution in [-0.4, -0.2) is 23.1 Å². The van der Waals surface area contributed by atoms with Gasteiger partial charge in [0.25, 0.3) is 11.5 Å². The van der Waals surface area contributed by atoms with Crippen LogP contribution in [0.25, 0.3) is 0 Å². The molecule has 0 aromatic carbocycles. The second-order valence-electron chi connectivity index (χ2n) is 6.09. The average Bonchev–Trinajstić information content (AvgIpc) is 3.22. The zero-order valence-corrected chi connectivity index (χ0v) is 16.6. The van der Waals surface area contributed by atoms with Crippen LogP contribution in [0.1, 0.15) is 44.0 Å². The van der Waals surface area contributed by atoms with E-state index in [9.17, 15) is 14.4 Å². The average molecular weight is 400 g/mol. The Hall–Kier alpha value is -3.13. The molecule has 0 aliphatic carbocycles. The van der Waals surface area contributed by atoms with Gasteiger partial charge in [-0.05, 0) is 44.5 Å². The zero-order valence-electron chi connectivity index (χ0n) is 15.8. The fourth-order valence-electron chi connectivity index (χ4n) is 2.67. The normalized spacial score (nSPS) is 10.7. The number of aryl methyl sites for hydroxylation is 1. The highest BCUT2D eigenvalue weighted by molar-refractivity contribution is 7.16. The van der Waals surface area contributed by atoms with Crippen molar-refractivity contribution in [2.45, 2.75) is 27.3 Å². The van der Waals surface area contributed by atoms with Crippen molar-refractivity contribution >= 4 is 28.2 Å². The highest BCUT2D eigenvalue weighted by atomic mass is 32.1. The first-order valence-corrected chi connectivity index (χ1v) is 9.55. The summed E-state index contributed by atoms with van der Waals surface area (Å²) in [4.78, 5) is 37.5. The Morgan fingerprint density at radius 2 is 2.00 bits per heavy atom. The van der Waals surface area contributed by atoms with Crippen LogP contribution in [0.4, 0.5) is 5.00 Å². The second-order valence-corrected chi connectivity index (χ2v) is 7.32. The van der Waals surface area contributed by atoms with Crippen molar-refractivity contribution < 1.29 is 18.7 Å². The van der Waals surface area contributed by atoms with Crippen LogP contribution in [0.2, 0.25) is 0 Å². The minimum atomic E-state index is -0.474. The number of thiophene rings is 1. The lowest BCUT2D eigenvalue weighted by molar-refractivity contribution is 0.0527. The Bertz CT molecular complexity index is 1080. The standard InChI is InChI=1S/C20H20N2O5S/c1-4-26-20(25)17-12(2)13(3)28-19(17)21-18(24)15-9-8-14(27-15)11-22-10-6-5-7-16(22)23/h5-10H,4,11H2,1-3H3,(H,21,24). The maximum Gasteiger partial charge on any atom is 0.341 e. The second kappa shape index (κ2) is 8.26. The van der Waals surface area contributed by atoms with Crippen LogP contribution in [0.5, 0.6) is 0 Å². The number of rotatable bonds is 6. The quantitative estimate of drug-likeness (QED) is 0.639. The predicted molar refractivity (Wildman–Crippen MR) is 106 cm³/mol. The van der Waals surface area contributed by atoms with Crippen molar-refractivity contribution in [2.24, 2.45) is 0 Å². The molecular formula is C20H20N2O5S. The van der Waals surface area contributed by atoms with Crippen LogP contribution in [0.15, 0.2) is 45.7 Å². The number of nitrogens with zero attached hydrogens (tertiary/aromatic N) is 1. The van der Waals surface area contributed by atoms with E-state index in [1.54, 1.807) is 31.3 Å². The molecule has 0 unspecified atom stereocenters. The van der Waals surface area contributed by atoms with Crippen LogP contribution >= 0.6 is 11.3 Å². The third-order valence-corrected chi connectivity index (χ3v) is 5.33. The maximum absolute atomic E-state index is 12.6. The smallest absolute Gasteiger partial charge is 0.341 e. The summed E-state index contributed by atoms with van der Waals surface area (Å²) in [6, 6.07) is 8.04. The van der Waals surface area contributed by atoms with Crippen LogP contribution in [0.3, 0.4) is 0 Å². The zero-order chi connectivity index (χ0) is 20.3. The molecule has 0 aliphatic rings. The van der Waals surface area contributed by atoms with Gasteiger partial charge in [-0.1, -0.05) is 6.07 Å². The highest BCUT2D eigenvalue weighted by Crippen LogP contribution is 2.33. The summed E-state index contributed by atoms with van der Waals surface area (Å²) in [5, 5.41) is 3.16. The molecule has 28 heavy (non-hydrogen) atoms. The summed E-state index contributed by atoms with van der Waals surface area (Å²) in [6.07, 6.45) is 1.65. The molecule has 0 saturated heterocycles. The Labute approximate surface area is 165 Å². The third-order valence-electron chi connectivity index (χ3n) is 4.20. The number of ether oxygens (including phenoxy) is 1. The number of nitrogens with one attached hydrogen (secondary N) is 1. The van der Waals surface area contributed by atoms with Crippen molar-refractivity contribution in [1.29, 1.82) is 0 Å². The molecule has 0 saturated carbocycles. The number of pyridine rings is 1. The van der Waals surface area contributed by atoms with Gasteiger partial charge >= 0.3 is 5.97 Å². The van der Waals surface area contributed by atoms with Gasteiger partial charge in [0, 0.05) is 17.1 Å². The Morgan fingerprint density at radius 1 is 1.21 bits per heavy atom. The number of esters is 1. The lowest BCUT2D eigenvalue weighted by atomic mass is 10.1. The monoisotopic (exact) mass is 400 g/mol. The Kier molecular flexibility index (Phi) is 5.79. The first-order valence-electron chi connectivity index (χ1n) is 8.73. The van der Waals surface area contributed by atoms with E-state index in [1.807, 2.05) is 13.8 Å². The predicted octanol–water partition coefficient (Wildman–Crippen LogP) is 3.60. The summed E-state index contributed by atoms with van der Waals surface area (Å²) in [5.74, 6) is -0.373. The molecule has 3 heterocycles. The minimum Gasteiger partial charge on any atom is -0.462 e. The molecule has 3 aromatic heterocycles. The maximum atomic E-state index is 12.6. The van der Waals surface area contributed by atoms with Crippen molar-refractivity contribution in [3.05, 3.63) is 74.4 Å². The molecule has 1 N–H and O–H groups in total. The number of carbonyl (C=O) groups is 2. The summed E-state index contributed by atoms with van der Waals surface area (Å²) < 4.78 is 12.1. The van der Waals surface area contributed by atoms with E-state index in [-0.39, 0.29) is 24.5 Å². The first kappa shape index (κ1) is 19.6. The van der Waals surface area contributed by atoms with E-state index in [0.29, 0.717) is 16.3 Å². The minimum absolute atomic E-state index is 0.0949. The topological polar surface area (TPSA) is 90.5 Å². The SMILES string of the molecule is CCOC(=O)c1c(NC(=O)c2ccc(Cn3ccccc3=O)o2)sc(C)c1C. The fraction of sp³-hybridized carbons (Fsp3) is 0.250. The number of furan rings is 1. The molecule has 0 radical (unpaired) electrons. The summed E-state index contributed by atoms with van der Waals surface area (Å²) >= 11 is 1.31. The number of amides is 1. The molecule has 7 nitrogen and oxygen atoms in total. The van der Waals surface area contributed by atoms with Gasteiger partial charge in [0.05, 0.1) is 18.7 Å². The van der Waals surface area contributed by atoms with E-state index in [1.165, 1.54) is 28.0 Å². The highest BCUT2D eigenvalue weighted by Gasteiger charge is 2.23. The van der Waals surface area contributed by atoms with E-state index < -0.39 is 11.9 Å². The van der Waals surface area contributed by atoms with Crippen LogP contribution in [0, 0.1) is 13.8 Å². The van der Waals surface area contributed by atoms with Crippen molar-refractivity contribution in [1.82, 2.24) is 4.57 Å². The van der Waals surface area contributed by atoms with Crippen molar-refractivity contribution in [3.63, 3.8) is 0 Å². The molecule has 0 fully saturated rings. The molecular weight excluding hydrogens is 380 g/mol. The van der Waals surface area contributed by atoms with Crippen molar-refractivity contribution in [2.75, 3.05) is 11.9 Å². The van der Waals surface area contributed by atoms with E-state index in [2.05, 4.69) is 5.32 Å². The summed E-state index contributed by atoms with van der Waals surface area (Å²) in [6.45, 7) is 5.89. The number of carbonyl (C=O) groups excluding carboxylic acids is 2. The Balaban J connectivity index is 1.79. The van der Waals surface area contributed by atoms with Crippen LogP contribution in [-0.2, 0) is 11.3 Å². The molecule has 3 aromatic rings. The number of aromatic nitrogens is 1. The largest absolute Gasteiger partial charge is 0.462 e. The third kappa shape index (κ3) is 4.07. The van der Waals surface area contributed by atoms with Gasteiger partial charge in [0.1, 0.15) is 10.8 Å². The van der Waals surface area contributed by atoms with E-state index in [0.717, 1.165) is 10.4 Å². The molecule has 0 bridgehead atoms. The Morgan fingerprint density at radius 3 is 2.71 bits per heavy atom. The van der Waals surface area contributed by atoms with E-state index in [4.69, 9.17) is 9.15 Å². The van der Waals surface area contributed by atoms with Gasteiger partial charge < -0.3 is 19.0 Å². The van der Waals surface area contributed by atoms with Crippen molar-refractivity contribution in [3.8, 4) is 0 Å². The molecule has 1 amide bonds. The molecule has 8 heteroatoms. The number of hydrogen-bond acceptors (Lipinski definition) is 6. The van der Waals surface area contributed by atoms with Crippen LogP contribution < -0.4 is 10.9 Å². The van der Waals surface area contributed by atoms with Gasteiger partial charge in [0.2, 0.25) is 0 Å². The van der Waals surface area contributed by atoms with Gasteiger partial charge in [-0.2, -0.15) is 0 Å².